The van der Waals surface area contributed by atoms with Gasteiger partial charge in [0.2, 0.25) is 23.7 Å². The quantitative estimate of drug-likeness (QED) is 0.0686. The van der Waals surface area contributed by atoms with Gasteiger partial charge >= 0.3 is 17.9 Å². The van der Waals surface area contributed by atoms with Gasteiger partial charge in [-0.05, 0) is 30.7 Å². The van der Waals surface area contributed by atoms with E-state index in [1.807, 2.05) is 0 Å². The third-order valence-corrected chi connectivity index (χ3v) is 6.88. The normalized spacial score (nSPS) is 12.4. The maximum atomic E-state index is 12.8. The van der Waals surface area contributed by atoms with E-state index in [9.17, 15) is 48.6 Å². The second kappa shape index (κ2) is 17.5. The fourth-order valence-corrected chi connectivity index (χ4v) is 4.34. The van der Waals surface area contributed by atoms with Crippen molar-refractivity contribution in [3.05, 3.63) is 52.1 Å². The average molecular weight is 699 g/mol. The third-order valence-electron chi connectivity index (χ3n) is 6.88. The Morgan fingerprint density at radius 2 is 1.46 bits per heavy atom. The SMILES string of the molecule is CNC(=O)[C@H](CC(=O)O)NC(=O)[C@H](CC(=O)O)NC(=O)CC[C@H](NC(=O)c1ccc(NCc2cnc3nc(NC)[nH]c(=O)c3n2)cc1)C(=O)O. The number of carbonyl (C=O) groups excluding carboxylic acids is 4. The van der Waals surface area contributed by atoms with Gasteiger partial charge < -0.3 is 47.2 Å². The Kier molecular flexibility index (Phi) is 13.2. The Bertz CT molecular complexity index is 1830. The fraction of sp³-hybridized carbons (Fsp3) is 0.345. The van der Waals surface area contributed by atoms with Gasteiger partial charge in [0.25, 0.3) is 11.5 Å². The summed E-state index contributed by atoms with van der Waals surface area (Å²) in [6.07, 6.45) is -1.32. The number of aromatic amines is 1. The van der Waals surface area contributed by atoms with Gasteiger partial charge in [-0.3, -0.25) is 38.5 Å². The maximum absolute atomic E-state index is 12.8. The molecule has 0 saturated heterocycles. The summed E-state index contributed by atoms with van der Waals surface area (Å²) in [4.78, 5) is 112. The minimum Gasteiger partial charge on any atom is -0.481 e. The number of carboxylic acid groups (broad SMARTS) is 3. The summed E-state index contributed by atoms with van der Waals surface area (Å²) in [7, 11) is 2.78. The predicted molar refractivity (Wildman–Crippen MR) is 172 cm³/mol. The number of nitrogens with one attached hydrogen (secondary N) is 7. The molecule has 1 aromatic carbocycles. The van der Waals surface area contributed by atoms with Gasteiger partial charge in [0.15, 0.2) is 11.2 Å². The highest BCUT2D eigenvalue weighted by molar-refractivity contribution is 5.97. The third kappa shape index (κ3) is 11.0. The number of likely N-dealkylation sites (N-methyl/N-ethyl adjacent to an activating group) is 1. The first-order chi connectivity index (χ1) is 23.7. The van der Waals surface area contributed by atoms with Crippen LogP contribution in [0.3, 0.4) is 0 Å². The van der Waals surface area contributed by atoms with Crippen LogP contribution in [0, 0.1) is 0 Å². The summed E-state index contributed by atoms with van der Waals surface area (Å²) >= 11 is 0. The van der Waals surface area contributed by atoms with Crippen molar-refractivity contribution in [2.75, 3.05) is 24.7 Å². The number of carboxylic acids is 3. The Labute approximate surface area is 281 Å². The predicted octanol–water partition coefficient (Wildman–Crippen LogP) is -2.00. The monoisotopic (exact) mass is 698 g/mol. The summed E-state index contributed by atoms with van der Waals surface area (Å²) in [5.74, 6) is -7.92. The summed E-state index contributed by atoms with van der Waals surface area (Å²) in [6.45, 7) is 0.164. The number of aromatic nitrogens is 4. The number of amides is 4. The van der Waals surface area contributed by atoms with Crippen LogP contribution in [0.15, 0.2) is 35.3 Å². The molecule has 3 aromatic rings. The molecular weight excluding hydrogens is 664 g/mol. The highest BCUT2D eigenvalue weighted by Gasteiger charge is 2.30. The molecule has 0 fully saturated rings. The van der Waals surface area contributed by atoms with Crippen LogP contribution in [0.5, 0.6) is 0 Å². The van der Waals surface area contributed by atoms with Crippen LogP contribution in [0.4, 0.5) is 11.6 Å². The molecule has 0 radical (unpaired) electrons. The molecule has 4 amide bonds. The van der Waals surface area contributed by atoms with Crippen molar-refractivity contribution >= 4 is 64.3 Å². The summed E-state index contributed by atoms with van der Waals surface area (Å²) in [5, 5.41) is 42.3. The number of hydrogen-bond acceptors (Lipinski definition) is 13. The largest absolute Gasteiger partial charge is 0.481 e. The van der Waals surface area contributed by atoms with Crippen molar-refractivity contribution in [2.45, 2.75) is 50.4 Å². The molecule has 21 nitrogen and oxygen atoms in total. The first kappa shape index (κ1) is 37.8. The molecule has 0 aliphatic rings. The van der Waals surface area contributed by atoms with Crippen LogP contribution in [0.1, 0.15) is 41.7 Å². The Morgan fingerprint density at radius 3 is 2.04 bits per heavy atom. The lowest BCUT2D eigenvalue weighted by molar-refractivity contribution is -0.143. The van der Waals surface area contributed by atoms with Crippen LogP contribution >= 0.6 is 0 Å². The van der Waals surface area contributed by atoms with Gasteiger partial charge in [-0.15, -0.1) is 0 Å². The van der Waals surface area contributed by atoms with Crippen LogP contribution in [-0.4, -0.2) is 109 Å². The smallest absolute Gasteiger partial charge is 0.326 e. The second-order valence-corrected chi connectivity index (χ2v) is 10.5. The lowest BCUT2D eigenvalue weighted by Gasteiger charge is -2.21. The van der Waals surface area contributed by atoms with E-state index in [0.717, 1.165) is 0 Å². The Morgan fingerprint density at radius 1 is 0.820 bits per heavy atom. The van der Waals surface area contributed by atoms with E-state index in [2.05, 4.69) is 51.8 Å². The standard InChI is InChI=1S/C29H34N10O11/c1-30-25(46)17(9-20(41)42)37-26(47)18(10-21(43)44)35-19(40)8-7-16(28(49)50)36-24(45)13-3-5-14(6-4-13)32-11-15-12-33-23-22(34-15)27(48)39-29(31-2)38-23/h3-6,12,16-18,32H,7-11H2,1-2H3,(H,30,46)(H,35,40)(H,36,45)(H,37,47)(H,41,42)(H,43,44)(H,49,50)(H2,31,33,38,39,48)/t16-,17-,18-/m0/s1. The maximum Gasteiger partial charge on any atom is 0.326 e. The molecule has 0 saturated carbocycles. The molecule has 3 atom stereocenters. The van der Waals surface area contributed by atoms with E-state index < -0.39 is 90.9 Å². The summed E-state index contributed by atoms with van der Waals surface area (Å²) in [6, 6.07) is 1.05. The van der Waals surface area contributed by atoms with Crippen LogP contribution in [0.25, 0.3) is 11.2 Å². The highest BCUT2D eigenvalue weighted by Crippen LogP contribution is 2.13. The van der Waals surface area contributed by atoms with Crippen molar-refractivity contribution in [3.63, 3.8) is 0 Å². The lowest BCUT2D eigenvalue weighted by Crippen LogP contribution is -2.54. The van der Waals surface area contributed by atoms with Crippen LogP contribution in [0.2, 0.25) is 0 Å². The van der Waals surface area contributed by atoms with Crippen molar-refractivity contribution in [2.24, 2.45) is 0 Å². The molecule has 50 heavy (non-hydrogen) atoms. The topological polar surface area (TPSA) is 324 Å². The Hall–Kier alpha value is -6.67. The van der Waals surface area contributed by atoms with Crippen LogP contribution < -0.4 is 37.5 Å². The van der Waals surface area contributed by atoms with E-state index in [1.54, 1.807) is 19.2 Å². The Balaban J connectivity index is 1.57. The van der Waals surface area contributed by atoms with Crippen molar-refractivity contribution in [1.82, 2.24) is 41.2 Å². The number of carbonyl (C=O) groups is 7. The zero-order valence-corrected chi connectivity index (χ0v) is 26.6. The highest BCUT2D eigenvalue weighted by atomic mass is 16.4. The fourth-order valence-electron chi connectivity index (χ4n) is 4.34. The zero-order valence-electron chi connectivity index (χ0n) is 26.6. The van der Waals surface area contributed by atoms with Gasteiger partial charge in [0, 0.05) is 31.8 Å². The van der Waals surface area contributed by atoms with Crippen molar-refractivity contribution in [1.29, 1.82) is 0 Å². The first-order valence-electron chi connectivity index (χ1n) is 14.8. The average Bonchev–Trinajstić information content (AvgIpc) is 3.07. The minimum atomic E-state index is -1.73. The van der Waals surface area contributed by atoms with Gasteiger partial charge in [0.05, 0.1) is 31.3 Å². The molecule has 2 aromatic heterocycles. The van der Waals surface area contributed by atoms with Gasteiger partial charge in [-0.2, -0.15) is 4.98 Å². The summed E-state index contributed by atoms with van der Waals surface area (Å²) < 4.78 is 0. The number of nitrogens with zero attached hydrogens (tertiary/aromatic N) is 3. The van der Waals surface area contributed by atoms with Gasteiger partial charge in [0.1, 0.15) is 18.1 Å². The number of H-pyrrole nitrogens is 1. The first-order valence-corrected chi connectivity index (χ1v) is 14.8. The van der Waals surface area contributed by atoms with Crippen molar-refractivity contribution in [3.8, 4) is 0 Å². The molecule has 0 aliphatic carbocycles. The molecule has 0 unspecified atom stereocenters. The van der Waals surface area contributed by atoms with Gasteiger partial charge in [-0.25, -0.2) is 14.8 Å². The van der Waals surface area contributed by atoms with Gasteiger partial charge in [-0.1, -0.05) is 0 Å². The second-order valence-electron chi connectivity index (χ2n) is 10.5. The molecule has 0 aliphatic heterocycles. The van der Waals surface area contributed by atoms with E-state index >= 15 is 0 Å². The molecule has 21 heteroatoms. The molecule has 10 N–H and O–H groups in total. The van der Waals surface area contributed by atoms with E-state index in [0.29, 0.717) is 11.4 Å². The molecule has 266 valence electrons. The number of fused-ring (bicyclic) bond motifs is 1. The number of anilines is 2. The molecule has 3 rings (SSSR count). The van der Waals surface area contributed by atoms with Crippen molar-refractivity contribution < 1.29 is 48.9 Å². The lowest BCUT2D eigenvalue weighted by atomic mass is 10.1. The molecular formula is C29H34N10O11. The van der Waals surface area contributed by atoms with Crippen LogP contribution in [-0.2, 0) is 35.3 Å². The number of benzene rings is 1. The van der Waals surface area contributed by atoms with E-state index in [1.165, 1.54) is 25.4 Å². The van der Waals surface area contributed by atoms with E-state index in [4.69, 9.17) is 5.11 Å². The van der Waals surface area contributed by atoms with E-state index in [-0.39, 0.29) is 29.2 Å². The number of aliphatic carboxylic acids is 3. The molecule has 2 heterocycles. The molecule has 0 bridgehead atoms. The number of rotatable bonds is 18. The minimum absolute atomic E-state index is 0.0513. The molecule has 0 spiro atoms. The number of hydrogen-bond donors (Lipinski definition) is 10. The zero-order chi connectivity index (χ0) is 37.0. The summed E-state index contributed by atoms with van der Waals surface area (Å²) in [5.41, 5.74) is 0.807.